The number of likely N-dealkylation sites (N-methyl/N-ethyl adjacent to an activating group) is 1. The van der Waals surface area contributed by atoms with Crippen LogP contribution in [-0.4, -0.2) is 77.2 Å². The number of aliphatic hydroxyl groups excluding tert-OH is 1. The number of dihydropyridines is 1. The molecule has 3 aliphatic rings. The van der Waals surface area contributed by atoms with Crippen LogP contribution in [0.25, 0.3) is 16.6 Å². The molecular formula is C45H57N5O5. The van der Waals surface area contributed by atoms with Gasteiger partial charge in [0, 0.05) is 60.7 Å². The van der Waals surface area contributed by atoms with Crippen LogP contribution < -0.4 is 21.1 Å². The fourth-order valence-corrected chi connectivity index (χ4v) is 8.06. The summed E-state index contributed by atoms with van der Waals surface area (Å²) in [6, 6.07) is 20.1. The van der Waals surface area contributed by atoms with Crippen LogP contribution in [-0.2, 0) is 22.6 Å². The van der Waals surface area contributed by atoms with Crippen molar-refractivity contribution in [3.8, 4) is 11.5 Å². The number of hydrogen-bond acceptors (Lipinski definition) is 8. The van der Waals surface area contributed by atoms with Crippen molar-refractivity contribution in [2.75, 3.05) is 33.3 Å². The van der Waals surface area contributed by atoms with Gasteiger partial charge < -0.3 is 45.5 Å². The van der Waals surface area contributed by atoms with Gasteiger partial charge >= 0.3 is 0 Å². The number of rotatable bonds is 10. The number of aryl methyl sites for hydroxylation is 1. The Hall–Kier alpha value is -4.61. The van der Waals surface area contributed by atoms with Crippen molar-refractivity contribution in [1.82, 2.24) is 20.1 Å². The molecule has 4 heterocycles. The summed E-state index contributed by atoms with van der Waals surface area (Å²) in [5.74, 6) is 1.30. The lowest BCUT2D eigenvalue weighted by Crippen LogP contribution is -2.44. The Balaban J connectivity index is 1.35. The molecule has 292 valence electrons. The number of nitrogens with zero attached hydrogens (tertiary/aromatic N) is 2. The standard InChI is InChI=1S/C45H57N5O5/c1-3-4-6-12-38-23-37(51)15-13-30-14-16-41(52)42(19-30)55-28-35-21-32(39(31-10-7-5-8-11-31)24-43(53)49-17-9-18-49)20-34-26-50(27-40(34)35)45-36(29-54-38)22-33(25-47-2)44(46)48-45/h5,7-8,10-11,14,16,19-22,26-27,37-39,44,47-48,51-52H,3-4,6,9,12-13,15,17-18,23-25,28-29,46H2,1-2H3/t37-,38+,39-,44?/m1/s1. The molecule has 4 aromatic rings. The Bertz CT molecular complexity index is 2000. The summed E-state index contributed by atoms with van der Waals surface area (Å²) in [6.45, 7) is 5.00. The molecule has 1 aromatic heterocycles. The maximum atomic E-state index is 13.5. The first-order valence-electron chi connectivity index (χ1n) is 20.1. The van der Waals surface area contributed by atoms with Gasteiger partial charge in [-0.25, -0.2) is 0 Å². The molecule has 3 aliphatic heterocycles. The van der Waals surface area contributed by atoms with Crippen molar-refractivity contribution >= 4 is 22.5 Å². The molecule has 1 unspecified atom stereocenters. The van der Waals surface area contributed by atoms with E-state index in [-0.39, 0.29) is 30.3 Å². The van der Waals surface area contributed by atoms with Gasteiger partial charge in [0.1, 0.15) is 12.4 Å². The molecule has 1 amide bonds. The molecule has 3 aromatic carbocycles. The Labute approximate surface area is 325 Å². The molecule has 6 N–H and O–H groups in total. The van der Waals surface area contributed by atoms with Gasteiger partial charge in [-0.15, -0.1) is 0 Å². The highest BCUT2D eigenvalue weighted by atomic mass is 16.5. The zero-order valence-corrected chi connectivity index (χ0v) is 32.3. The van der Waals surface area contributed by atoms with Gasteiger partial charge in [-0.05, 0) is 91.3 Å². The number of nitrogens with two attached hydrogens (primary N) is 1. The second kappa shape index (κ2) is 17.9. The van der Waals surface area contributed by atoms with E-state index in [2.05, 4.69) is 64.9 Å². The van der Waals surface area contributed by atoms with Crippen molar-refractivity contribution < 1.29 is 24.5 Å². The molecule has 7 rings (SSSR count). The minimum atomic E-state index is -0.543. The van der Waals surface area contributed by atoms with Crippen LogP contribution in [0.3, 0.4) is 0 Å². The number of carbonyl (C=O) groups is 1. The molecule has 0 aliphatic carbocycles. The van der Waals surface area contributed by atoms with Crippen LogP contribution in [0.5, 0.6) is 11.5 Å². The topological polar surface area (TPSA) is 134 Å². The van der Waals surface area contributed by atoms with Gasteiger partial charge in [0.25, 0.3) is 0 Å². The molecule has 1 saturated heterocycles. The van der Waals surface area contributed by atoms with Crippen LogP contribution in [0, 0.1) is 0 Å². The van der Waals surface area contributed by atoms with E-state index in [1.54, 1.807) is 6.07 Å². The van der Waals surface area contributed by atoms with E-state index in [1.165, 1.54) is 0 Å². The first-order valence-corrected chi connectivity index (χ1v) is 20.1. The largest absolute Gasteiger partial charge is 0.504 e. The number of aliphatic hydroxyl groups is 1. The second-order valence-corrected chi connectivity index (χ2v) is 15.4. The summed E-state index contributed by atoms with van der Waals surface area (Å²) in [5.41, 5.74) is 12.8. The van der Waals surface area contributed by atoms with Gasteiger partial charge in [-0.3, -0.25) is 4.79 Å². The maximum absolute atomic E-state index is 13.5. The Kier molecular flexibility index (Phi) is 12.6. The number of unbranched alkanes of at least 4 members (excludes halogenated alkanes) is 2. The predicted molar refractivity (Wildman–Crippen MR) is 218 cm³/mol. The number of aromatic hydroxyl groups is 1. The molecule has 55 heavy (non-hydrogen) atoms. The van der Waals surface area contributed by atoms with E-state index in [0.29, 0.717) is 44.6 Å². The van der Waals surface area contributed by atoms with Crippen LogP contribution in [0.2, 0.25) is 0 Å². The maximum Gasteiger partial charge on any atom is 0.223 e. The quantitative estimate of drug-likeness (QED) is 0.116. The zero-order valence-electron chi connectivity index (χ0n) is 32.3. The van der Waals surface area contributed by atoms with Gasteiger partial charge in [-0.1, -0.05) is 68.7 Å². The SMILES string of the molecule is CCCCC[C@H]1C[C@H](O)CCc2ccc(O)c(c2)OCc2cc([C@H](CC(=O)N3CCC3)c3ccccc3)cc3cn(cc23)C2=C(C=C(CNC)C(N)N2)CO1. The third-order valence-corrected chi connectivity index (χ3v) is 11.4. The summed E-state index contributed by atoms with van der Waals surface area (Å²) >= 11 is 0. The molecule has 0 radical (unpaired) electrons. The molecule has 0 spiro atoms. The lowest BCUT2D eigenvalue weighted by atomic mass is 9.86. The number of phenols is 1. The molecule has 4 bridgehead atoms. The minimum absolute atomic E-state index is 0.0646. The van der Waals surface area contributed by atoms with Gasteiger partial charge in [0.15, 0.2) is 11.5 Å². The number of likely N-dealkylation sites (tertiary alicyclic amines) is 1. The summed E-state index contributed by atoms with van der Waals surface area (Å²) in [5, 5.41) is 31.0. The Morgan fingerprint density at radius 3 is 2.65 bits per heavy atom. The third kappa shape index (κ3) is 9.27. The number of fused-ring (bicyclic) bond motifs is 4. The highest BCUT2D eigenvalue weighted by Crippen LogP contribution is 2.36. The Morgan fingerprint density at radius 1 is 1.05 bits per heavy atom. The number of hydrogen-bond donors (Lipinski definition) is 5. The van der Waals surface area contributed by atoms with E-state index in [0.717, 1.165) is 95.2 Å². The number of carbonyl (C=O) groups excluding carboxylic acids is 1. The molecule has 4 atom stereocenters. The molecular weight excluding hydrogens is 691 g/mol. The third-order valence-electron chi connectivity index (χ3n) is 11.4. The first kappa shape index (κ1) is 38.7. The van der Waals surface area contributed by atoms with Crippen LogP contribution >= 0.6 is 0 Å². The summed E-state index contributed by atoms with van der Waals surface area (Å²) in [7, 11) is 1.92. The van der Waals surface area contributed by atoms with Gasteiger partial charge in [-0.2, -0.15) is 0 Å². The van der Waals surface area contributed by atoms with Crippen molar-refractivity contribution in [2.45, 2.75) is 95.6 Å². The average Bonchev–Trinajstić information content (AvgIpc) is 3.60. The number of aromatic nitrogens is 1. The highest BCUT2D eigenvalue weighted by molar-refractivity contribution is 5.88. The molecule has 10 nitrogen and oxygen atoms in total. The lowest BCUT2D eigenvalue weighted by molar-refractivity contribution is -0.134. The van der Waals surface area contributed by atoms with Crippen molar-refractivity contribution in [3.05, 3.63) is 113 Å². The van der Waals surface area contributed by atoms with E-state index >= 15 is 0 Å². The predicted octanol–water partition coefficient (Wildman–Crippen LogP) is 6.55. The Morgan fingerprint density at radius 2 is 1.89 bits per heavy atom. The monoisotopic (exact) mass is 747 g/mol. The lowest BCUT2D eigenvalue weighted by Gasteiger charge is -2.32. The van der Waals surface area contributed by atoms with Crippen LogP contribution in [0.4, 0.5) is 0 Å². The second-order valence-electron chi connectivity index (χ2n) is 15.4. The van der Waals surface area contributed by atoms with Gasteiger partial charge in [0.2, 0.25) is 5.91 Å². The smallest absolute Gasteiger partial charge is 0.223 e. The van der Waals surface area contributed by atoms with E-state index < -0.39 is 12.3 Å². The number of amides is 1. The fraction of sp³-hybridized carbons (Fsp3) is 0.444. The number of phenolic OH excluding ortho intramolecular Hbond substituents is 1. The minimum Gasteiger partial charge on any atom is -0.504 e. The first-order chi connectivity index (χ1) is 26.8. The molecule has 10 heteroatoms. The normalized spacial score (nSPS) is 21.1. The fourth-order valence-electron chi connectivity index (χ4n) is 8.06. The number of nitrogens with one attached hydrogen (secondary N) is 2. The highest BCUT2D eigenvalue weighted by Gasteiger charge is 2.28. The van der Waals surface area contributed by atoms with Crippen molar-refractivity contribution in [2.24, 2.45) is 5.73 Å². The van der Waals surface area contributed by atoms with E-state index in [1.807, 2.05) is 42.3 Å². The van der Waals surface area contributed by atoms with Crippen LogP contribution in [0.1, 0.15) is 86.5 Å². The number of benzene rings is 3. The van der Waals surface area contributed by atoms with E-state index in [9.17, 15) is 15.0 Å². The van der Waals surface area contributed by atoms with Crippen LogP contribution in [0.15, 0.2) is 90.3 Å². The van der Waals surface area contributed by atoms with Gasteiger partial charge in [0.05, 0.1) is 25.0 Å². The summed E-state index contributed by atoms with van der Waals surface area (Å²) in [6.07, 6.45) is 12.6. The van der Waals surface area contributed by atoms with Crippen molar-refractivity contribution in [1.29, 1.82) is 0 Å². The van der Waals surface area contributed by atoms with Crippen molar-refractivity contribution in [3.63, 3.8) is 0 Å². The van der Waals surface area contributed by atoms with E-state index in [4.69, 9.17) is 15.2 Å². The molecule has 1 fully saturated rings. The summed E-state index contributed by atoms with van der Waals surface area (Å²) in [4.78, 5) is 15.5. The molecule has 0 saturated carbocycles. The average molecular weight is 748 g/mol. The zero-order chi connectivity index (χ0) is 38.3. The summed E-state index contributed by atoms with van der Waals surface area (Å²) < 4.78 is 15.3. The number of ether oxygens (including phenoxy) is 2.